The van der Waals surface area contributed by atoms with E-state index in [4.69, 9.17) is 0 Å². The van der Waals surface area contributed by atoms with Gasteiger partial charge >= 0.3 is 0 Å². The zero-order chi connectivity index (χ0) is 16.3. The highest BCUT2D eigenvalue weighted by Crippen LogP contribution is 2.34. The van der Waals surface area contributed by atoms with Crippen molar-refractivity contribution in [1.29, 1.82) is 0 Å². The molecule has 6 heteroatoms. The molecule has 0 amide bonds. The molecular weight excluding hydrogens is 310 g/mol. The summed E-state index contributed by atoms with van der Waals surface area (Å²) in [6.45, 7) is 4.15. The van der Waals surface area contributed by atoms with Crippen molar-refractivity contribution in [2.45, 2.75) is 32.4 Å². The van der Waals surface area contributed by atoms with Crippen molar-refractivity contribution < 1.29 is 10.2 Å². The predicted molar refractivity (Wildman–Crippen MR) is 90.2 cm³/mol. The van der Waals surface area contributed by atoms with Gasteiger partial charge in [0.2, 0.25) is 0 Å². The molecule has 1 saturated heterocycles. The molecule has 124 valence electrons. The lowest BCUT2D eigenvalue weighted by atomic mass is 9.73. The summed E-state index contributed by atoms with van der Waals surface area (Å²) in [7, 11) is 0. The minimum absolute atomic E-state index is 0.0191. The standard InChI is InChI=1S/C17H23N3O2S/c1-13-18-19-16(23-13)10-20-8-7-15(22)17(11-20,12-21)9-14-5-3-2-4-6-14/h2-6,15,21-22H,7-12H2,1H3/t15-,17+/m0/s1. The molecule has 2 aromatic rings. The van der Waals surface area contributed by atoms with Gasteiger partial charge in [-0.15, -0.1) is 21.5 Å². The van der Waals surface area contributed by atoms with Crippen molar-refractivity contribution >= 4 is 11.3 Å². The third kappa shape index (κ3) is 3.77. The maximum absolute atomic E-state index is 10.6. The zero-order valence-corrected chi connectivity index (χ0v) is 14.2. The zero-order valence-electron chi connectivity index (χ0n) is 13.4. The Kier molecular flexibility index (Phi) is 5.06. The fraction of sp³-hybridized carbons (Fsp3) is 0.529. The fourth-order valence-electron chi connectivity index (χ4n) is 3.36. The van der Waals surface area contributed by atoms with E-state index >= 15 is 0 Å². The first-order valence-corrected chi connectivity index (χ1v) is 8.77. The highest BCUT2D eigenvalue weighted by Gasteiger charge is 2.42. The van der Waals surface area contributed by atoms with Crippen LogP contribution in [0, 0.1) is 12.3 Å². The quantitative estimate of drug-likeness (QED) is 0.870. The summed E-state index contributed by atoms with van der Waals surface area (Å²) in [5.41, 5.74) is 0.633. The summed E-state index contributed by atoms with van der Waals surface area (Å²) >= 11 is 1.61. The number of likely N-dealkylation sites (tertiary alicyclic amines) is 1. The number of nitrogens with zero attached hydrogens (tertiary/aromatic N) is 3. The summed E-state index contributed by atoms with van der Waals surface area (Å²) < 4.78 is 0. The Morgan fingerprint density at radius 3 is 2.74 bits per heavy atom. The van der Waals surface area contributed by atoms with Crippen LogP contribution in [0.2, 0.25) is 0 Å². The number of aliphatic hydroxyl groups excluding tert-OH is 2. The second-order valence-electron chi connectivity index (χ2n) is 6.41. The van der Waals surface area contributed by atoms with E-state index in [0.29, 0.717) is 19.4 Å². The number of piperidine rings is 1. The Balaban J connectivity index is 1.74. The summed E-state index contributed by atoms with van der Waals surface area (Å²) in [5.74, 6) is 0. The Hall–Kier alpha value is -1.34. The average molecular weight is 333 g/mol. The summed E-state index contributed by atoms with van der Waals surface area (Å²) in [6.07, 6.45) is 0.864. The largest absolute Gasteiger partial charge is 0.396 e. The van der Waals surface area contributed by atoms with Crippen molar-refractivity contribution in [3.63, 3.8) is 0 Å². The van der Waals surface area contributed by atoms with Crippen LogP contribution in [0.5, 0.6) is 0 Å². The molecule has 2 N–H and O–H groups in total. The second kappa shape index (κ2) is 7.05. The molecule has 0 bridgehead atoms. The van der Waals surface area contributed by atoms with E-state index in [1.807, 2.05) is 25.1 Å². The van der Waals surface area contributed by atoms with Gasteiger partial charge in [-0.3, -0.25) is 4.90 Å². The van der Waals surface area contributed by atoms with Crippen molar-refractivity contribution in [1.82, 2.24) is 15.1 Å². The van der Waals surface area contributed by atoms with Crippen LogP contribution in [0.1, 0.15) is 22.0 Å². The molecule has 1 aliphatic rings. The smallest absolute Gasteiger partial charge is 0.131 e. The van der Waals surface area contributed by atoms with Crippen LogP contribution >= 0.6 is 11.3 Å². The number of hydrogen-bond donors (Lipinski definition) is 2. The molecule has 1 aromatic heterocycles. The SMILES string of the molecule is Cc1nnc(CN2CC[C@H](O)[C@](CO)(Cc3ccccc3)C2)s1. The van der Waals surface area contributed by atoms with Gasteiger partial charge in [0.15, 0.2) is 0 Å². The maximum atomic E-state index is 10.6. The van der Waals surface area contributed by atoms with Gasteiger partial charge in [0.05, 0.1) is 19.3 Å². The van der Waals surface area contributed by atoms with Crippen molar-refractivity contribution in [3.05, 3.63) is 45.9 Å². The Labute approximate surface area is 140 Å². The van der Waals surface area contributed by atoms with Crippen LogP contribution in [0.15, 0.2) is 30.3 Å². The van der Waals surface area contributed by atoms with E-state index in [9.17, 15) is 10.2 Å². The van der Waals surface area contributed by atoms with Crippen molar-refractivity contribution in [3.8, 4) is 0 Å². The molecule has 1 aromatic carbocycles. The lowest BCUT2D eigenvalue weighted by Crippen LogP contribution is -2.54. The number of rotatable bonds is 5. The molecule has 2 heterocycles. The van der Waals surface area contributed by atoms with Gasteiger partial charge in [-0.25, -0.2) is 0 Å². The molecule has 3 rings (SSSR count). The summed E-state index contributed by atoms with van der Waals surface area (Å²) in [5, 5.41) is 30.8. The molecule has 0 unspecified atom stereocenters. The van der Waals surface area contributed by atoms with Crippen LogP contribution < -0.4 is 0 Å². The molecule has 5 nitrogen and oxygen atoms in total. The number of benzene rings is 1. The summed E-state index contributed by atoms with van der Waals surface area (Å²) in [6, 6.07) is 10.1. The van der Waals surface area contributed by atoms with E-state index in [2.05, 4.69) is 27.2 Å². The van der Waals surface area contributed by atoms with Gasteiger partial charge in [0, 0.05) is 18.5 Å². The Bertz CT molecular complexity index is 634. The molecule has 23 heavy (non-hydrogen) atoms. The van der Waals surface area contributed by atoms with Crippen LogP contribution in [-0.2, 0) is 13.0 Å². The molecular formula is C17H23N3O2S. The number of hydrogen-bond acceptors (Lipinski definition) is 6. The van der Waals surface area contributed by atoms with Gasteiger partial charge in [0.1, 0.15) is 10.0 Å². The van der Waals surface area contributed by atoms with Crippen LogP contribution in [0.4, 0.5) is 0 Å². The van der Waals surface area contributed by atoms with Gasteiger partial charge in [-0.2, -0.15) is 0 Å². The molecule has 0 saturated carbocycles. The van der Waals surface area contributed by atoms with Crippen LogP contribution in [0.25, 0.3) is 0 Å². The van der Waals surface area contributed by atoms with Gasteiger partial charge in [-0.05, 0) is 25.3 Å². The minimum Gasteiger partial charge on any atom is -0.396 e. The van der Waals surface area contributed by atoms with E-state index in [-0.39, 0.29) is 6.61 Å². The van der Waals surface area contributed by atoms with Crippen molar-refractivity contribution in [2.24, 2.45) is 5.41 Å². The minimum atomic E-state index is -0.515. The molecule has 0 spiro atoms. The van der Waals surface area contributed by atoms with E-state index in [1.165, 1.54) is 0 Å². The number of aromatic nitrogens is 2. The van der Waals surface area contributed by atoms with Gasteiger partial charge < -0.3 is 10.2 Å². The third-order valence-electron chi connectivity index (χ3n) is 4.60. The topological polar surface area (TPSA) is 69.5 Å². The normalized spacial score (nSPS) is 25.6. The highest BCUT2D eigenvalue weighted by atomic mass is 32.1. The average Bonchev–Trinajstić information content (AvgIpc) is 2.96. The Morgan fingerprint density at radius 1 is 1.30 bits per heavy atom. The number of aryl methyl sites for hydroxylation is 1. The summed E-state index contributed by atoms with van der Waals surface area (Å²) in [4.78, 5) is 2.27. The van der Waals surface area contributed by atoms with Crippen LogP contribution in [0.3, 0.4) is 0 Å². The van der Waals surface area contributed by atoms with Crippen molar-refractivity contribution in [2.75, 3.05) is 19.7 Å². The van der Waals surface area contributed by atoms with Gasteiger partial charge in [0.25, 0.3) is 0 Å². The van der Waals surface area contributed by atoms with E-state index < -0.39 is 11.5 Å². The third-order valence-corrected chi connectivity index (χ3v) is 5.43. The van der Waals surface area contributed by atoms with Gasteiger partial charge in [-0.1, -0.05) is 30.3 Å². The maximum Gasteiger partial charge on any atom is 0.131 e. The second-order valence-corrected chi connectivity index (χ2v) is 7.68. The first-order valence-electron chi connectivity index (χ1n) is 7.95. The first-order chi connectivity index (χ1) is 11.1. The monoisotopic (exact) mass is 333 g/mol. The number of aliphatic hydroxyl groups is 2. The van der Waals surface area contributed by atoms with Crippen LogP contribution in [-0.4, -0.2) is 51.1 Å². The molecule has 1 fully saturated rings. The predicted octanol–water partition coefficient (Wildman–Crippen LogP) is 1.63. The molecule has 0 radical (unpaired) electrons. The lowest BCUT2D eigenvalue weighted by Gasteiger charge is -2.45. The van der Waals surface area contributed by atoms with E-state index in [0.717, 1.165) is 28.7 Å². The highest BCUT2D eigenvalue weighted by molar-refractivity contribution is 7.11. The lowest BCUT2D eigenvalue weighted by molar-refractivity contribution is -0.0768. The molecule has 2 atom stereocenters. The first kappa shape index (κ1) is 16.5. The fourth-order valence-corrected chi connectivity index (χ4v) is 4.11. The van der Waals surface area contributed by atoms with E-state index in [1.54, 1.807) is 11.3 Å². The molecule has 0 aliphatic carbocycles. The Morgan fingerprint density at radius 2 is 2.09 bits per heavy atom. The molecule has 1 aliphatic heterocycles.